The number of hydrogen-bond acceptors (Lipinski definition) is 16. The molecule has 0 aliphatic carbocycles. The highest BCUT2D eigenvalue weighted by molar-refractivity contribution is 5.76. The number of halogens is 2. The average Bonchev–Trinajstić information content (AvgIpc) is 3.67. The highest BCUT2D eigenvalue weighted by atomic mass is 19.3. The Kier molecular flexibility index (Phi) is 13.2. The molecule has 3 saturated heterocycles. The first-order valence-corrected chi connectivity index (χ1v) is 21.5. The van der Waals surface area contributed by atoms with Crippen molar-refractivity contribution in [2.45, 2.75) is 52.5 Å². The van der Waals surface area contributed by atoms with Gasteiger partial charge in [0.15, 0.2) is 11.6 Å². The molecule has 0 spiro atoms. The van der Waals surface area contributed by atoms with Crippen LogP contribution in [0.2, 0.25) is 0 Å². The van der Waals surface area contributed by atoms with Crippen LogP contribution >= 0.6 is 0 Å². The van der Waals surface area contributed by atoms with E-state index in [0.717, 1.165) is 62.5 Å². The summed E-state index contributed by atoms with van der Waals surface area (Å²) in [6.07, 6.45) is -0.435. The predicted molar refractivity (Wildman–Crippen MR) is 232 cm³/mol. The minimum absolute atomic E-state index is 0.0123. The predicted octanol–water partition coefficient (Wildman–Crippen LogP) is 4.02. The molecule has 0 saturated carbocycles. The van der Waals surface area contributed by atoms with Gasteiger partial charge in [0.1, 0.15) is 23.0 Å². The number of rotatable bonds is 13. The first-order chi connectivity index (χ1) is 30.4. The van der Waals surface area contributed by atoms with Crippen LogP contribution < -0.4 is 15.5 Å². The van der Waals surface area contributed by atoms with Crippen molar-refractivity contribution in [2.24, 2.45) is 0 Å². The van der Waals surface area contributed by atoms with Crippen LogP contribution in [0.5, 0.6) is 11.5 Å². The minimum Gasteiger partial charge on any atom is -0.508 e. The minimum atomic E-state index is -2.89. The van der Waals surface area contributed by atoms with E-state index >= 15 is 0 Å². The largest absolute Gasteiger partial charge is 0.508 e. The lowest BCUT2D eigenvalue weighted by atomic mass is 9.98. The summed E-state index contributed by atoms with van der Waals surface area (Å²) in [6.45, 7) is 15.1. The zero-order chi connectivity index (χ0) is 44.2. The Bertz CT molecular complexity index is 2380. The van der Waals surface area contributed by atoms with Gasteiger partial charge >= 0.3 is 0 Å². The third-order valence-electron chi connectivity index (χ3n) is 11.9. The molecule has 5 aromatic rings. The number of nitrogens with zero attached hydrogens (tertiary/aromatic N) is 13. The van der Waals surface area contributed by atoms with E-state index in [4.69, 9.17) is 15.5 Å². The van der Waals surface area contributed by atoms with E-state index in [1.807, 2.05) is 52.2 Å². The van der Waals surface area contributed by atoms with Gasteiger partial charge < -0.3 is 35.4 Å². The summed E-state index contributed by atoms with van der Waals surface area (Å²) in [5, 5.41) is 29.8. The normalized spacial score (nSPS) is 16.7. The molecule has 0 unspecified atom stereocenters. The molecule has 3 fully saturated rings. The molecular formula is C43H54F2N14O4. The summed E-state index contributed by atoms with van der Waals surface area (Å²) < 4.78 is 35.5. The average molecular weight is 869 g/mol. The number of hydrogen-bond donors (Lipinski definition) is 3. The molecule has 3 aliphatic heterocycles. The Balaban J connectivity index is 0.807. The number of morpholine rings is 1. The highest BCUT2D eigenvalue weighted by Crippen LogP contribution is 2.38. The molecular weight excluding hydrogens is 815 g/mol. The van der Waals surface area contributed by atoms with Crippen molar-refractivity contribution in [3.8, 4) is 40.0 Å². The third kappa shape index (κ3) is 9.92. The number of nitrogens with two attached hydrogens (primary N) is 1. The molecule has 8 rings (SSSR count). The number of aromatic hydroxyl groups is 2. The number of piperazine rings is 2. The number of ether oxygens (including phenoxy) is 1. The van der Waals surface area contributed by atoms with Gasteiger partial charge in [-0.3, -0.25) is 19.2 Å². The lowest BCUT2D eigenvalue weighted by Gasteiger charge is -2.36. The Hall–Kier alpha value is -6.12. The second-order valence-corrected chi connectivity index (χ2v) is 16.4. The standard InChI is InChI=1S/C43H54F2N14O4/c1-27(2)31-23-32(35(61)24-34(31)60)40-53-52-28(3)59(40)30-8-6-29(7-9-30)26-55-13-15-56(16-14-55)36(62)5-4-10-54-11-17-57(18-12-54)42-49-39(33-25-47-41(46)48-37(33)38(44)45)50-43(51-42)58-19-21-63-22-20-58/h6-9,23-25,27,38,60-61H,4-5,10-22,26H2,1-3H3,(H2,46,47,48). The van der Waals surface area contributed by atoms with E-state index in [2.05, 4.69) is 52.1 Å². The summed E-state index contributed by atoms with van der Waals surface area (Å²) in [5.41, 5.74) is 8.35. The molecule has 0 bridgehead atoms. The van der Waals surface area contributed by atoms with Crippen molar-refractivity contribution in [2.75, 3.05) is 101 Å². The second-order valence-electron chi connectivity index (χ2n) is 16.4. The summed E-state index contributed by atoms with van der Waals surface area (Å²) in [7, 11) is 0. The van der Waals surface area contributed by atoms with Crippen molar-refractivity contribution < 1.29 is 28.5 Å². The van der Waals surface area contributed by atoms with E-state index in [-0.39, 0.29) is 40.7 Å². The smallest absolute Gasteiger partial charge is 0.281 e. The van der Waals surface area contributed by atoms with E-state index in [9.17, 15) is 23.8 Å². The van der Waals surface area contributed by atoms with Gasteiger partial charge in [0, 0.05) is 96.4 Å². The summed E-state index contributed by atoms with van der Waals surface area (Å²) >= 11 is 0. The maximum atomic E-state index is 14.0. The van der Waals surface area contributed by atoms with Gasteiger partial charge in [-0.25, -0.2) is 18.7 Å². The van der Waals surface area contributed by atoms with Crippen LogP contribution in [0, 0.1) is 6.92 Å². The van der Waals surface area contributed by atoms with E-state index < -0.39 is 12.1 Å². The zero-order valence-corrected chi connectivity index (χ0v) is 35.9. The van der Waals surface area contributed by atoms with Crippen molar-refractivity contribution >= 4 is 23.8 Å². The van der Waals surface area contributed by atoms with Crippen molar-refractivity contribution in [1.82, 2.24) is 54.4 Å². The molecule has 3 aromatic heterocycles. The van der Waals surface area contributed by atoms with E-state index in [1.54, 1.807) is 6.07 Å². The number of phenols is 2. The molecule has 20 heteroatoms. The molecule has 63 heavy (non-hydrogen) atoms. The number of benzene rings is 2. The Labute approximate surface area is 364 Å². The van der Waals surface area contributed by atoms with Crippen LogP contribution in [-0.2, 0) is 16.1 Å². The number of aromatic nitrogens is 8. The zero-order valence-electron chi connectivity index (χ0n) is 35.9. The van der Waals surface area contributed by atoms with Crippen molar-refractivity contribution in [3.63, 3.8) is 0 Å². The third-order valence-corrected chi connectivity index (χ3v) is 11.9. The first kappa shape index (κ1) is 43.5. The monoisotopic (exact) mass is 868 g/mol. The molecule has 2 aromatic carbocycles. The number of amides is 1. The van der Waals surface area contributed by atoms with Gasteiger partial charge in [-0.05, 0) is 55.1 Å². The second kappa shape index (κ2) is 19.1. The summed E-state index contributed by atoms with van der Waals surface area (Å²) in [5.74, 6) is 1.97. The Morgan fingerprint density at radius 1 is 0.810 bits per heavy atom. The number of nitrogen functional groups attached to an aromatic ring is 1. The van der Waals surface area contributed by atoms with Gasteiger partial charge in [-0.1, -0.05) is 26.0 Å². The first-order valence-electron chi connectivity index (χ1n) is 21.5. The Morgan fingerprint density at radius 2 is 1.48 bits per heavy atom. The van der Waals surface area contributed by atoms with Crippen LogP contribution in [0.4, 0.5) is 26.6 Å². The molecule has 18 nitrogen and oxygen atoms in total. The van der Waals surface area contributed by atoms with Gasteiger partial charge in [0.2, 0.25) is 23.8 Å². The molecule has 334 valence electrons. The number of carbonyl (C=O) groups excluding carboxylic acids is 1. The number of aryl methyl sites for hydroxylation is 1. The summed E-state index contributed by atoms with van der Waals surface area (Å²) in [4.78, 5) is 45.6. The van der Waals surface area contributed by atoms with E-state index in [0.29, 0.717) is 88.0 Å². The molecule has 0 radical (unpaired) electrons. The maximum absolute atomic E-state index is 14.0. The van der Waals surface area contributed by atoms with Crippen LogP contribution in [0.3, 0.4) is 0 Å². The fraction of sp³-hybridized carbons (Fsp3) is 0.488. The van der Waals surface area contributed by atoms with Gasteiger partial charge in [0.25, 0.3) is 6.43 Å². The lowest BCUT2D eigenvalue weighted by Crippen LogP contribution is -2.49. The van der Waals surface area contributed by atoms with Crippen molar-refractivity contribution in [1.29, 1.82) is 0 Å². The molecule has 0 atom stereocenters. The Morgan fingerprint density at radius 3 is 2.14 bits per heavy atom. The molecule has 4 N–H and O–H groups in total. The van der Waals surface area contributed by atoms with Crippen LogP contribution in [-0.4, -0.2) is 156 Å². The molecule has 1 amide bonds. The highest BCUT2D eigenvalue weighted by Gasteiger charge is 2.27. The number of anilines is 3. The van der Waals surface area contributed by atoms with Crippen molar-refractivity contribution in [3.05, 3.63) is 65.2 Å². The molecule has 6 heterocycles. The fourth-order valence-corrected chi connectivity index (χ4v) is 8.30. The number of alkyl halides is 2. The van der Waals surface area contributed by atoms with Gasteiger partial charge in [-0.2, -0.15) is 15.0 Å². The van der Waals surface area contributed by atoms with Crippen LogP contribution in [0.15, 0.2) is 42.6 Å². The SMILES string of the molecule is Cc1nnc(-c2cc(C(C)C)c(O)cc2O)n1-c1ccc(CN2CCN(C(=O)CCCN3CCN(c4nc(-c5cnc(N)nc5C(F)F)nc(N5CCOCC5)n4)CC3)CC2)cc1. The molecule has 3 aliphatic rings. The quantitative estimate of drug-likeness (QED) is 0.153. The van der Waals surface area contributed by atoms with Crippen LogP contribution in [0.1, 0.15) is 61.7 Å². The van der Waals surface area contributed by atoms with Gasteiger partial charge in [0.05, 0.1) is 24.3 Å². The number of carbonyl (C=O) groups is 1. The van der Waals surface area contributed by atoms with Crippen LogP contribution in [0.25, 0.3) is 28.5 Å². The van der Waals surface area contributed by atoms with E-state index in [1.165, 1.54) is 12.3 Å². The van der Waals surface area contributed by atoms with Gasteiger partial charge in [-0.15, -0.1) is 10.2 Å². The number of phenolic OH excluding ortho intramolecular Hbond substituents is 2. The maximum Gasteiger partial charge on any atom is 0.281 e. The topological polar surface area (TPSA) is 204 Å². The summed E-state index contributed by atoms with van der Waals surface area (Å²) in [6, 6.07) is 11.3. The fourth-order valence-electron chi connectivity index (χ4n) is 8.30. The lowest BCUT2D eigenvalue weighted by molar-refractivity contribution is -0.133.